The summed E-state index contributed by atoms with van der Waals surface area (Å²) in [5, 5.41) is 2.66. The van der Waals surface area contributed by atoms with Crippen LogP contribution in [0.5, 0.6) is 11.5 Å². The zero-order valence-electron chi connectivity index (χ0n) is 9.64. The van der Waals surface area contributed by atoms with Crippen LogP contribution in [0, 0.1) is 0 Å². The van der Waals surface area contributed by atoms with E-state index >= 15 is 0 Å². The molecule has 0 bridgehead atoms. The lowest BCUT2D eigenvalue weighted by atomic mass is 10.3. The quantitative estimate of drug-likeness (QED) is 0.859. The second-order valence-electron chi connectivity index (χ2n) is 3.68. The van der Waals surface area contributed by atoms with Crippen molar-refractivity contribution >= 4 is 5.69 Å². The van der Waals surface area contributed by atoms with Gasteiger partial charge in [-0.1, -0.05) is 30.3 Å². The molecule has 2 rings (SSSR count). The predicted molar refractivity (Wildman–Crippen MR) is 67.5 cm³/mol. The third-order valence-electron chi connectivity index (χ3n) is 2.30. The van der Waals surface area contributed by atoms with Gasteiger partial charge in [0.25, 0.3) is 6.43 Å². The number of ether oxygens (including phenoxy) is 1. The Balaban J connectivity index is 2.12. The van der Waals surface area contributed by atoms with Crippen LogP contribution in [0.4, 0.5) is 14.5 Å². The molecule has 0 spiro atoms. The minimum Gasteiger partial charge on any atom is -0.455 e. The average Bonchev–Trinajstić information content (AvgIpc) is 2.39. The molecule has 0 radical (unpaired) electrons. The second-order valence-corrected chi connectivity index (χ2v) is 3.68. The lowest BCUT2D eigenvalue weighted by Gasteiger charge is -2.12. The van der Waals surface area contributed by atoms with Gasteiger partial charge in [-0.05, 0) is 24.3 Å². The Kier molecular flexibility index (Phi) is 4.12. The number of nitrogens with one attached hydrogen (secondary N) is 1. The molecule has 2 aromatic carbocycles. The number of alkyl halides is 2. The van der Waals surface area contributed by atoms with Gasteiger partial charge in [0, 0.05) is 0 Å². The first-order chi connectivity index (χ1) is 8.75. The van der Waals surface area contributed by atoms with Crippen molar-refractivity contribution in [2.24, 2.45) is 0 Å². The molecule has 0 atom stereocenters. The Labute approximate surface area is 104 Å². The van der Waals surface area contributed by atoms with Crippen molar-refractivity contribution in [2.45, 2.75) is 6.43 Å². The fraction of sp³-hybridized carbons (Fsp3) is 0.143. The lowest BCUT2D eigenvalue weighted by Crippen LogP contribution is -2.10. The highest BCUT2D eigenvalue weighted by molar-refractivity contribution is 5.57. The van der Waals surface area contributed by atoms with Gasteiger partial charge >= 0.3 is 0 Å². The molecule has 0 heterocycles. The summed E-state index contributed by atoms with van der Waals surface area (Å²) >= 11 is 0. The Hall–Kier alpha value is -2.10. The largest absolute Gasteiger partial charge is 0.455 e. The van der Waals surface area contributed by atoms with Crippen LogP contribution < -0.4 is 10.1 Å². The Bertz CT molecular complexity index is 488. The average molecular weight is 249 g/mol. The fourth-order valence-electron chi connectivity index (χ4n) is 1.50. The number of benzene rings is 2. The topological polar surface area (TPSA) is 21.3 Å². The number of para-hydroxylation sites is 3. The zero-order chi connectivity index (χ0) is 12.8. The van der Waals surface area contributed by atoms with Gasteiger partial charge in [0.05, 0.1) is 12.2 Å². The summed E-state index contributed by atoms with van der Waals surface area (Å²) < 4.78 is 30.0. The maximum atomic E-state index is 12.2. The number of hydrogen-bond acceptors (Lipinski definition) is 2. The summed E-state index contributed by atoms with van der Waals surface area (Å²) in [6, 6.07) is 16.2. The second kappa shape index (κ2) is 6.00. The van der Waals surface area contributed by atoms with Crippen LogP contribution in [0.2, 0.25) is 0 Å². The van der Waals surface area contributed by atoms with Crippen LogP contribution in [0.3, 0.4) is 0 Å². The van der Waals surface area contributed by atoms with Crippen LogP contribution in [0.15, 0.2) is 54.6 Å². The predicted octanol–water partition coefficient (Wildman–Crippen LogP) is 4.16. The van der Waals surface area contributed by atoms with Gasteiger partial charge < -0.3 is 10.1 Å². The standard InChI is InChI=1S/C14H13F2NO/c15-14(16)10-17-12-8-4-5-9-13(12)18-11-6-2-1-3-7-11/h1-9,14,17H,10H2. The molecule has 0 aromatic heterocycles. The molecule has 1 N–H and O–H groups in total. The van der Waals surface area contributed by atoms with Crippen LogP contribution in [-0.4, -0.2) is 13.0 Å². The van der Waals surface area contributed by atoms with Crippen LogP contribution >= 0.6 is 0 Å². The van der Waals surface area contributed by atoms with Crippen molar-refractivity contribution in [3.63, 3.8) is 0 Å². The van der Waals surface area contributed by atoms with Crippen molar-refractivity contribution in [1.29, 1.82) is 0 Å². The van der Waals surface area contributed by atoms with E-state index in [0.29, 0.717) is 17.2 Å². The van der Waals surface area contributed by atoms with Crippen LogP contribution in [0.1, 0.15) is 0 Å². The molecule has 0 saturated carbocycles. The molecule has 0 unspecified atom stereocenters. The van der Waals surface area contributed by atoms with Crippen molar-refractivity contribution in [2.75, 3.05) is 11.9 Å². The van der Waals surface area contributed by atoms with E-state index in [2.05, 4.69) is 5.32 Å². The molecule has 2 aromatic rings. The van der Waals surface area contributed by atoms with Gasteiger partial charge in [0.1, 0.15) is 5.75 Å². The summed E-state index contributed by atoms with van der Waals surface area (Å²) in [6.07, 6.45) is -2.39. The molecule has 0 fully saturated rings. The fourth-order valence-corrected chi connectivity index (χ4v) is 1.50. The number of hydrogen-bond donors (Lipinski definition) is 1. The molecule has 18 heavy (non-hydrogen) atoms. The van der Waals surface area contributed by atoms with Crippen molar-refractivity contribution in [1.82, 2.24) is 0 Å². The molecule has 4 heteroatoms. The summed E-state index contributed by atoms with van der Waals surface area (Å²) in [7, 11) is 0. The molecule has 0 aliphatic rings. The molecule has 94 valence electrons. The van der Waals surface area contributed by atoms with E-state index in [1.54, 1.807) is 24.3 Å². The minimum atomic E-state index is -2.39. The summed E-state index contributed by atoms with van der Waals surface area (Å²) in [5.74, 6) is 1.20. The summed E-state index contributed by atoms with van der Waals surface area (Å²) in [4.78, 5) is 0. The first-order valence-electron chi connectivity index (χ1n) is 5.59. The van der Waals surface area contributed by atoms with E-state index in [1.165, 1.54) is 0 Å². The first-order valence-corrected chi connectivity index (χ1v) is 5.59. The van der Waals surface area contributed by atoms with E-state index in [1.807, 2.05) is 30.3 Å². The summed E-state index contributed by atoms with van der Waals surface area (Å²) in [5.41, 5.74) is 0.557. The zero-order valence-corrected chi connectivity index (χ0v) is 9.64. The van der Waals surface area contributed by atoms with E-state index in [-0.39, 0.29) is 0 Å². The van der Waals surface area contributed by atoms with Gasteiger partial charge in [0.15, 0.2) is 5.75 Å². The third-order valence-corrected chi connectivity index (χ3v) is 2.30. The Morgan fingerprint density at radius 3 is 2.33 bits per heavy atom. The first kappa shape index (κ1) is 12.4. The number of anilines is 1. The molecule has 2 nitrogen and oxygen atoms in total. The van der Waals surface area contributed by atoms with E-state index in [0.717, 1.165) is 0 Å². The Morgan fingerprint density at radius 1 is 0.944 bits per heavy atom. The maximum Gasteiger partial charge on any atom is 0.255 e. The third kappa shape index (κ3) is 3.45. The molecule has 0 aliphatic heterocycles. The van der Waals surface area contributed by atoms with Crippen molar-refractivity contribution in [3.8, 4) is 11.5 Å². The van der Waals surface area contributed by atoms with Gasteiger partial charge in [-0.15, -0.1) is 0 Å². The maximum absolute atomic E-state index is 12.2. The minimum absolute atomic E-state index is 0.394. The van der Waals surface area contributed by atoms with Crippen molar-refractivity contribution < 1.29 is 13.5 Å². The summed E-state index contributed by atoms with van der Waals surface area (Å²) in [6.45, 7) is -0.394. The van der Waals surface area contributed by atoms with Crippen LogP contribution in [-0.2, 0) is 0 Å². The molecule has 0 saturated heterocycles. The van der Waals surface area contributed by atoms with Gasteiger partial charge in [0.2, 0.25) is 0 Å². The highest BCUT2D eigenvalue weighted by Gasteiger charge is 2.06. The highest BCUT2D eigenvalue weighted by Crippen LogP contribution is 2.28. The molecule has 0 aliphatic carbocycles. The van der Waals surface area contributed by atoms with Gasteiger partial charge in [-0.3, -0.25) is 0 Å². The lowest BCUT2D eigenvalue weighted by molar-refractivity contribution is 0.163. The van der Waals surface area contributed by atoms with E-state index in [9.17, 15) is 8.78 Å². The normalized spacial score (nSPS) is 10.4. The van der Waals surface area contributed by atoms with Gasteiger partial charge in [-0.2, -0.15) is 0 Å². The SMILES string of the molecule is FC(F)CNc1ccccc1Oc1ccccc1. The smallest absolute Gasteiger partial charge is 0.255 e. The molecular weight excluding hydrogens is 236 g/mol. The van der Waals surface area contributed by atoms with Crippen LogP contribution in [0.25, 0.3) is 0 Å². The van der Waals surface area contributed by atoms with E-state index in [4.69, 9.17) is 4.74 Å². The van der Waals surface area contributed by atoms with Crippen molar-refractivity contribution in [3.05, 3.63) is 54.6 Å². The number of rotatable bonds is 5. The molecular formula is C14H13F2NO. The number of halogens is 2. The molecule has 0 amide bonds. The highest BCUT2D eigenvalue weighted by atomic mass is 19.3. The van der Waals surface area contributed by atoms with Gasteiger partial charge in [-0.25, -0.2) is 8.78 Å². The van der Waals surface area contributed by atoms with E-state index < -0.39 is 13.0 Å². The monoisotopic (exact) mass is 249 g/mol. The Morgan fingerprint density at radius 2 is 1.61 bits per heavy atom.